The van der Waals surface area contributed by atoms with Gasteiger partial charge in [-0.3, -0.25) is 4.79 Å². The molecule has 1 N–H and O–H groups in total. The summed E-state index contributed by atoms with van der Waals surface area (Å²) in [5.41, 5.74) is 2.13. The number of nitrogens with one attached hydrogen (secondary N) is 1. The fourth-order valence-corrected chi connectivity index (χ4v) is 3.25. The van der Waals surface area contributed by atoms with Crippen LogP contribution >= 0.6 is 23.5 Å². The average molecular weight is 317 g/mol. The van der Waals surface area contributed by atoms with Crippen LogP contribution in [-0.2, 0) is 10.5 Å². The molecule has 0 bridgehead atoms. The van der Waals surface area contributed by atoms with Crippen LogP contribution in [-0.4, -0.2) is 17.4 Å². The molecule has 2 nitrogen and oxygen atoms in total. The molecule has 110 valence electrons. The van der Waals surface area contributed by atoms with Gasteiger partial charge in [-0.05, 0) is 30.9 Å². The van der Waals surface area contributed by atoms with E-state index < -0.39 is 0 Å². The zero-order valence-corrected chi connectivity index (χ0v) is 13.8. The molecule has 0 aliphatic carbocycles. The molecule has 0 radical (unpaired) electrons. The molecule has 0 aliphatic rings. The van der Waals surface area contributed by atoms with E-state index in [1.54, 1.807) is 23.5 Å². The molecule has 2 aromatic carbocycles. The van der Waals surface area contributed by atoms with Crippen LogP contribution < -0.4 is 5.32 Å². The number of amides is 1. The number of benzene rings is 2. The largest absolute Gasteiger partial charge is 0.324 e. The van der Waals surface area contributed by atoms with Crippen molar-refractivity contribution in [2.24, 2.45) is 0 Å². The van der Waals surface area contributed by atoms with Crippen molar-refractivity contribution in [1.29, 1.82) is 0 Å². The summed E-state index contributed by atoms with van der Waals surface area (Å²) in [6, 6.07) is 18.1. The molecular formula is C17H19NOS2. The van der Waals surface area contributed by atoms with Crippen LogP contribution in [0.3, 0.4) is 0 Å². The van der Waals surface area contributed by atoms with E-state index in [4.69, 9.17) is 0 Å². The fraction of sp³-hybridized carbons (Fsp3) is 0.235. The summed E-state index contributed by atoms with van der Waals surface area (Å²) >= 11 is 3.29. The van der Waals surface area contributed by atoms with E-state index in [1.807, 2.05) is 55.6 Å². The lowest BCUT2D eigenvalue weighted by molar-refractivity contribution is -0.115. The van der Waals surface area contributed by atoms with Crippen LogP contribution in [0.4, 0.5) is 5.69 Å². The molecule has 0 heterocycles. The number of hydrogen-bond donors (Lipinski definition) is 1. The number of carbonyl (C=O) groups excluding carboxylic acids is 1. The number of para-hydroxylation sites is 1. The summed E-state index contributed by atoms with van der Waals surface area (Å²) < 4.78 is 0. The first kappa shape index (κ1) is 16.0. The molecule has 2 aromatic rings. The second kappa shape index (κ2) is 8.15. The predicted octanol–water partition coefficient (Wildman–Crippen LogP) is 4.67. The van der Waals surface area contributed by atoms with Crippen molar-refractivity contribution in [2.75, 3.05) is 11.6 Å². The molecule has 0 spiro atoms. The molecule has 0 aromatic heterocycles. The van der Waals surface area contributed by atoms with Crippen molar-refractivity contribution in [3.63, 3.8) is 0 Å². The van der Waals surface area contributed by atoms with Crippen molar-refractivity contribution in [2.45, 2.75) is 22.8 Å². The third-order valence-corrected chi connectivity index (χ3v) is 5.09. The number of rotatable bonds is 6. The first-order chi connectivity index (χ1) is 10.2. The maximum absolute atomic E-state index is 12.3. The quantitative estimate of drug-likeness (QED) is 0.785. The zero-order chi connectivity index (χ0) is 15.1. The van der Waals surface area contributed by atoms with Gasteiger partial charge in [0.15, 0.2) is 0 Å². The van der Waals surface area contributed by atoms with Gasteiger partial charge in [-0.2, -0.15) is 0 Å². The third kappa shape index (κ3) is 4.83. The third-order valence-electron chi connectivity index (χ3n) is 3.08. The van der Waals surface area contributed by atoms with Gasteiger partial charge < -0.3 is 5.32 Å². The SMILES string of the molecule is CSc1ccccc1NC(=O)C(C)SCc1ccccc1. The van der Waals surface area contributed by atoms with Gasteiger partial charge in [-0.1, -0.05) is 42.5 Å². The van der Waals surface area contributed by atoms with Gasteiger partial charge in [0.05, 0.1) is 10.9 Å². The van der Waals surface area contributed by atoms with Crippen molar-refractivity contribution < 1.29 is 4.79 Å². The number of hydrogen-bond acceptors (Lipinski definition) is 3. The highest BCUT2D eigenvalue weighted by Gasteiger charge is 2.14. The Morgan fingerprint density at radius 2 is 1.76 bits per heavy atom. The molecule has 0 saturated carbocycles. The topological polar surface area (TPSA) is 29.1 Å². The average Bonchev–Trinajstić information content (AvgIpc) is 2.54. The highest BCUT2D eigenvalue weighted by Crippen LogP contribution is 2.26. The van der Waals surface area contributed by atoms with E-state index >= 15 is 0 Å². The Morgan fingerprint density at radius 1 is 1.10 bits per heavy atom. The number of anilines is 1. The van der Waals surface area contributed by atoms with E-state index in [2.05, 4.69) is 17.4 Å². The molecule has 1 atom stereocenters. The molecule has 4 heteroatoms. The van der Waals surface area contributed by atoms with E-state index in [-0.39, 0.29) is 11.2 Å². The van der Waals surface area contributed by atoms with Crippen LogP contribution in [0.15, 0.2) is 59.5 Å². The van der Waals surface area contributed by atoms with Gasteiger partial charge in [-0.25, -0.2) is 0 Å². The van der Waals surface area contributed by atoms with Gasteiger partial charge in [-0.15, -0.1) is 23.5 Å². The maximum atomic E-state index is 12.3. The van der Waals surface area contributed by atoms with Gasteiger partial charge in [0.25, 0.3) is 0 Å². The minimum absolute atomic E-state index is 0.0532. The minimum Gasteiger partial charge on any atom is -0.324 e. The normalized spacial score (nSPS) is 11.9. The summed E-state index contributed by atoms with van der Waals surface area (Å²) in [5, 5.41) is 2.93. The molecule has 0 saturated heterocycles. The lowest BCUT2D eigenvalue weighted by Crippen LogP contribution is -2.22. The number of carbonyl (C=O) groups is 1. The maximum Gasteiger partial charge on any atom is 0.237 e. The Hall–Kier alpha value is -1.39. The standard InChI is InChI=1S/C17H19NOS2/c1-13(21-12-14-8-4-3-5-9-14)17(19)18-15-10-6-7-11-16(15)20-2/h3-11,13H,12H2,1-2H3,(H,18,19). The second-order valence-electron chi connectivity index (χ2n) is 4.63. The van der Waals surface area contributed by atoms with Gasteiger partial charge in [0.1, 0.15) is 0 Å². The van der Waals surface area contributed by atoms with Crippen LogP contribution in [0, 0.1) is 0 Å². The Morgan fingerprint density at radius 3 is 2.48 bits per heavy atom. The van der Waals surface area contributed by atoms with Crippen LogP contribution in [0.2, 0.25) is 0 Å². The minimum atomic E-state index is -0.0832. The highest BCUT2D eigenvalue weighted by molar-refractivity contribution is 7.99. The van der Waals surface area contributed by atoms with Crippen LogP contribution in [0.1, 0.15) is 12.5 Å². The Bertz CT molecular complexity index is 586. The van der Waals surface area contributed by atoms with Gasteiger partial charge in [0.2, 0.25) is 5.91 Å². The molecule has 1 amide bonds. The van der Waals surface area contributed by atoms with E-state index in [0.717, 1.165) is 16.3 Å². The summed E-state index contributed by atoms with van der Waals surface area (Å²) in [5.74, 6) is 0.900. The van der Waals surface area contributed by atoms with Crippen molar-refractivity contribution in [3.05, 3.63) is 60.2 Å². The second-order valence-corrected chi connectivity index (χ2v) is 6.81. The van der Waals surface area contributed by atoms with E-state index in [0.29, 0.717) is 0 Å². The first-order valence-corrected chi connectivity index (χ1v) is 9.07. The smallest absolute Gasteiger partial charge is 0.237 e. The van der Waals surface area contributed by atoms with Crippen LogP contribution in [0.25, 0.3) is 0 Å². The number of thioether (sulfide) groups is 2. The molecule has 2 rings (SSSR count). The molecule has 0 aliphatic heterocycles. The molecule has 0 fully saturated rings. The summed E-state index contributed by atoms with van der Waals surface area (Å²) in [7, 11) is 0. The molecular weight excluding hydrogens is 298 g/mol. The van der Waals surface area contributed by atoms with Crippen LogP contribution in [0.5, 0.6) is 0 Å². The Kier molecular flexibility index (Phi) is 6.21. The van der Waals surface area contributed by atoms with Crippen molar-refractivity contribution in [3.8, 4) is 0 Å². The summed E-state index contributed by atoms with van der Waals surface area (Å²) in [4.78, 5) is 13.3. The van der Waals surface area contributed by atoms with E-state index in [9.17, 15) is 4.79 Å². The lowest BCUT2D eigenvalue weighted by atomic mass is 10.2. The summed E-state index contributed by atoms with van der Waals surface area (Å²) in [6.45, 7) is 1.95. The Balaban J connectivity index is 1.90. The predicted molar refractivity (Wildman–Crippen MR) is 94.1 cm³/mol. The van der Waals surface area contributed by atoms with Crippen molar-refractivity contribution in [1.82, 2.24) is 0 Å². The van der Waals surface area contributed by atoms with Crippen molar-refractivity contribution >= 4 is 35.1 Å². The van der Waals surface area contributed by atoms with E-state index in [1.165, 1.54) is 5.56 Å². The summed E-state index contributed by atoms with van der Waals surface area (Å²) in [6.07, 6.45) is 2.01. The Labute approximate surface area is 134 Å². The zero-order valence-electron chi connectivity index (χ0n) is 12.2. The monoisotopic (exact) mass is 317 g/mol. The van der Waals surface area contributed by atoms with Gasteiger partial charge >= 0.3 is 0 Å². The first-order valence-electron chi connectivity index (χ1n) is 6.80. The lowest BCUT2D eigenvalue weighted by Gasteiger charge is -2.14. The molecule has 21 heavy (non-hydrogen) atoms. The molecule has 1 unspecified atom stereocenters. The highest BCUT2D eigenvalue weighted by atomic mass is 32.2. The fourth-order valence-electron chi connectivity index (χ4n) is 1.85. The van der Waals surface area contributed by atoms with Gasteiger partial charge in [0, 0.05) is 10.6 Å².